The molecule has 0 atom stereocenters. The largest absolute Gasteiger partial charge is 0.366 e. The summed E-state index contributed by atoms with van der Waals surface area (Å²) in [7, 11) is -3.86. The number of nitrogens with one attached hydrogen (secondary N) is 1. The van der Waals surface area contributed by atoms with Gasteiger partial charge in [-0.2, -0.15) is 9.57 Å². The number of hydrogen-bond donors (Lipinski definition) is 1. The monoisotopic (exact) mass is 269 g/mol. The molecule has 0 aliphatic rings. The second-order valence-electron chi connectivity index (χ2n) is 3.99. The average Bonchev–Trinajstić information content (AvgIpc) is 2.29. The van der Waals surface area contributed by atoms with E-state index in [9.17, 15) is 13.2 Å². The minimum atomic E-state index is -3.86. The predicted octanol–water partition coefficient (Wildman–Crippen LogP) is 0.688. The highest BCUT2D eigenvalue weighted by Crippen LogP contribution is 2.14. The fraction of sp³-hybridized carbons (Fsp3) is 0.455. The summed E-state index contributed by atoms with van der Waals surface area (Å²) in [5, 5.41) is 8.55. The first-order valence-corrected chi connectivity index (χ1v) is 6.91. The zero-order chi connectivity index (χ0) is 13.8. The van der Waals surface area contributed by atoms with E-state index in [2.05, 4.69) is 4.98 Å². The Morgan fingerprint density at radius 2 is 2.17 bits per heavy atom. The van der Waals surface area contributed by atoms with E-state index in [4.69, 9.17) is 5.26 Å². The first-order chi connectivity index (χ1) is 8.41. The third-order valence-corrected chi connectivity index (χ3v) is 4.49. The van der Waals surface area contributed by atoms with Crippen molar-refractivity contribution >= 4 is 10.0 Å². The van der Waals surface area contributed by atoms with Crippen molar-refractivity contribution in [1.29, 1.82) is 5.26 Å². The molecule has 0 aliphatic carbocycles. The van der Waals surface area contributed by atoms with Gasteiger partial charge in [0.15, 0.2) is 0 Å². The zero-order valence-electron chi connectivity index (χ0n) is 10.3. The van der Waals surface area contributed by atoms with Gasteiger partial charge in [-0.25, -0.2) is 8.42 Å². The molecule has 18 heavy (non-hydrogen) atoms. The number of hydrogen-bond acceptors (Lipinski definition) is 4. The van der Waals surface area contributed by atoms with Crippen molar-refractivity contribution in [2.45, 2.75) is 31.2 Å². The number of aromatic amines is 1. The first-order valence-electron chi connectivity index (χ1n) is 5.47. The van der Waals surface area contributed by atoms with Gasteiger partial charge in [0.1, 0.15) is 4.90 Å². The van der Waals surface area contributed by atoms with Gasteiger partial charge < -0.3 is 4.98 Å². The van der Waals surface area contributed by atoms with E-state index < -0.39 is 15.5 Å². The molecule has 0 amide bonds. The van der Waals surface area contributed by atoms with Crippen molar-refractivity contribution in [3.8, 4) is 6.07 Å². The summed E-state index contributed by atoms with van der Waals surface area (Å²) in [5.41, 5.74) is -0.559. The van der Waals surface area contributed by atoms with E-state index >= 15 is 0 Å². The molecule has 98 valence electrons. The maximum Gasteiger partial charge on any atom is 0.248 e. The number of H-pyrrole nitrogens is 1. The quantitative estimate of drug-likeness (QED) is 0.850. The fourth-order valence-corrected chi connectivity index (χ4v) is 3.22. The van der Waals surface area contributed by atoms with Crippen LogP contribution in [0.1, 0.15) is 20.3 Å². The number of aromatic nitrogens is 1. The Morgan fingerprint density at radius 1 is 1.50 bits per heavy atom. The Hall–Kier alpha value is -1.65. The molecule has 0 aliphatic heterocycles. The first kappa shape index (κ1) is 14.4. The molecule has 0 saturated carbocycles. The highest BCUT2D eigenvalue weighted by molar-refractivity contribution is 7.89. The minimum Gasteiger partial charge on any atom is -0.366 e. The van der Waals surface area contributed by atoms with E-state index in [1.54, 1.807) is 13.8 Å². The zero-order valence-corrected chi connectivity index (χ0v) is 11.1. The van der Waals surface area contributed by atoms with Crippen LogP contribution in [0.15, 0.2) is 28.2 Å². The van der Waals surface area contributed by atoms with Crippen molar-refractivity contribution in [3.05, 3.63) is 28.7 Å². The lowest BCUT2D eigenvalue weighted by Gasteiger charge is -2.24. The second-order valence-corrected chi connectivity index (χ2v) is 5.85. The maximum atomic E-state index is 12.3. The standard InChI is InChI=1S/C11H15N3O3S/c1-9(2)14(7-3-5-12)18(16,17)11-8-13-6-4-10(11)15/h4,6,8-9H,3,7H2,1-2H3,(H,13,15). The number of nitrogens with zero attached hydrogens (tertiary/aromatic N) is 2. The van der Waals surface area contributed by atoms with Crippen LogP contribution in [-0.4, -0.2) is 30.3 Å². The van der Waals surface area contributed by atoms with E-state index in [-0.39, 0.29) is 23.9 Å². The molecular weight excluding hydrogens is 254 g/mol. The van der Waals surface area contributed by atoms with E-state index in [0.29, 0.717) is 0 Å². The van der Waals surface area contributed by atoms with Crippen LogP contribution in [0.3, 0.4) is 0 Å². The van der Waals surface area contributed by atoms with E-state index in [1.165, 1.54) is 12.4 Å². The van der Waals surface area contributed by atoms with Gasteiger partial charge in [-0.05, 0) is 13.8 Å². The summed E-state index contributed by atoms with van der Waals surface area (Å²) < 4.78 is 25.7. The van der Waals surface area contributed by atoms with Crippen LogP contribution in [0.4, 0.5) is 0 Å². The Bertz CT molecular complexity index is 598. The highest BCUT2D eigenvalue weighted by Gasteiger charge is 2.28. The molecule has 1 N–H and O–H groups in total. The van der Waals surface area contributed by atoms with Crippen LogP contribution in [0.2, 0.25) is 0 Å². The molecule has 7 heteroatoms. The second kappa shape index (κ2) is 5.80. The third-order valence-electron chi connectivity index (χ3n) is 2.39. The van der Waals surface area contributed by atoms with Crippen molar-refractivity contribution in [2.24, 2.45) is 0 Å². The van der Waals surface area contributed by atoms with Gasteiger partial charge in [-0.3, -0.25) is 4.79 Å². The molecule has 0 fully saturated rings. The highest BCUT2D eigenvalue weighted by atomic mass is 32.2. The number of sulfonamides is 1. The normalized spacial score (nSPS) is 11.7. The molecular formula is C11H15N3O3S. The van der Waals surface area contributed by atoms with Crippen LogP contribution in [0, 0.1) is 11.3 Å². The lowest BCUT2D eigenvalue weighted by molar-refractivity contribution is 0.360. The van der Waals surface area contributed by atoms with Gasteiger partial charge in [-0.1, -0.05) is 0 Å². The van der Waals surface area contributed by atoms with E-state index in [1.807, 2.05) is 6.07 Å². The van der Waals surface area contributed by atoms with Crippen LogP contribution in [0.5, 0.6) is 0 Å². The molecule has 1 rings (SSSR count). The Morgan fingerprint density at radius 3 is 2.67 bits per heavy atom. The van der Waals surface area contributed by atoms with Gasteiger partial charge in [0.25, 0.3) is 0 Å². The maximum absolute atomic E-state index is 12.3. The predicted molar refractivity (Wildman–Crippen MR) is 66.3 cm³/mol. The van der Waals surface area contributed by atoms with Crippen LogP contribution < -0.4 is 5.43 Å². The van der Waals surface area contributed by atoms with Gasteiger partial charge >= 0.3 is 0 Å². The topological polar surface area (TPSA) is 94.0 Å². The Kier molecular flexibility index (Phi) is 4.64. The molecule has 0 aromatic carbocycles. The number of pyridine rings is 1. The van der Waals surface area contributed by atoms with Crippen molar-refractivity contribution in [3.63, 3.8) is 0 Å². The molecule has 0 radical (unpaired) electrons. The molecule has 6 nitrogen and oxygen atoms in total. The molecule has 0 bridgehead atoms. The van der Waals surface area contributed by atoms with Crippen molar-refractivity contribution in [2.75, 3.05) is 6.54 Å². The SMILES string of the molecule is CC(C)N(CCC#N)S(=O)(=O)c1c[nH]ccc1=O. The molecule has 1 aromatic heterocycles. The van der Waals surface area contributed by atoms with Gasteiger partial charge in [0, 0.05) is 37.5 Å². The summed E-state index contributed by atoms with van der Waals surface area (Å²) in [6.07, 6.45) is 2.62. The van der Waals surface area contributed by atoms with Crippen molar-refractivity contribution in [1.82, 2.24) is 9.29 Å². The van der Waals surface area contributed by atoms with Crippen LogP contribution in [-0.2, 0) is 10.0 Å². The molecule has 0 saturated heterocycles. The van der Waals surface area contributed by atoms with Gasteiger partial charge in [0.2, 0.25) is 15.5 Å². The van der Waals surface area contributed by atoms with Crippen molar-refractivity contribution < 1.29 is 8.42 Å². The molecule has 1 aromatic rings. The van der Waals surface area contributed by atoms with Gasteiger partial charge in [-0.15, -0.1) is 0 Å². The smallest absolute Gasteiger partial charge is 0.248 e. The molecule has 0 unspecified atom stereocenters. The Balaban J connectivity index is 3.23. The fourth-order valence-electron chi connectivity index (χ4n) is 1.54. The van der Waals surface area contributed by atoms with Crippen LogP contribution in [0.25, 0.3) is 0 Å². The summed E-state index contributed by atoms with van der Waals surface area (Å²) in [6.45, 7) is 3.48. The Labute approximate surface area is 106 Å². The summed E-state index contributed by atoms with van der Waals surface area (Å²) in [4.78, 5) is 13.9. The summed E-state index contributed by atoms with van der Waals surface area (Å²) in [5.74, 6) is 0. The average molecular weight is 269 g/mol. The minimum absolute atomic E-state index is 0.0742. The van der Waals surface area contributed by atoms with Crippen LogP contribution >= 0.6 is 0 Å². The lowest BCUT2D eigenvalue weighted by Crippen LogP contribution is -2.39. The number of rotatable bonds is 5. The molecule has 0 spiro atoms. The number of nitriles is 1. The molecule has 1 heterocycles. The third kappa shape index (κ3) is 2.97. The van der Waals surface area contributed by atoms with Gasteiger partial charge in [0.05, 0.1) is 6.07 Å². The summed E-state index contributed by atoms with van der Waals surface area (Å²) >= 11 is 0. The summed E-state index contributed by atoms with van der Waals surface area (Å²) in [6, 6.07) is 2.74. The van der Waals surface area contributed by atoms with E-state index in [0.717, 1.165) is 10.4 Å². The lowest BCUT2D eigenvalue weighted by atomic mass is 10.3.